The molecule has 0 radical (unpaired) electrons. The number of nitrogens with zero attached hydrogens (tertiary/aromatic N) is 4. The maximum absolute atomic E-state index is 12.8. The van der Waals surface area contributed by atoms with Gasteiger partial charge in [0.25, 0.3) is 0 Å². The van der Waals surface area contributed by atoms with Gasteiger partial charge in [-0.3, -0.25) is 4.79 Å². The molecule has 2 heterocycles. The summed E-state index contributed by atoms with van der Waals surface area (Å²) in [6.45, 7) is 0.509. The minimum Gasteiger partial charge on any atom is -0.489 e. The zero-order chi connectivity index (χ0) is 20.3. The van der Waals surface area contributed by atoms with Crippen LogP contribution in [0.25, 0.3) is 26.8 Å². The molecule has 0 spiro atoms. The van der Waals surface area contributed by atoms with Crippen molar-refractivity contribution in [3.63, 3.8) is 0 Å². The van der Waals surface area contributed by atoms with E-state index in [1.165, 1.54) is 15.9 Å². The lowest BCUT2D eigenvalue weighted by atomic mass is 10.2. The number of hydrogen-bond acceptors (Lipinski definition) is 6. The lowest BCUT2D eigenvalue weighted by Gasteiger charge is -2.06. The fourth-order valence-corrected chi connectivity index (χ4v) is 3.88. The molecule has 6 nitrogen and oxygen atoms in total. The van der Waals surface area contributed by atoms with Crippen LogP contribution in [0.2, 0.25) is 0 Å². The lowest BCUT2D eigenvalue weighted by Crippen LogP contribution is -2.19. The van der Waals surface area contributed by atoms with Gasteiger partial charge in [0.05, 0.1) is 0 Å². The van der Waals surface area contributed by atoms with Crippen molar-refractivity contribution in [3.8, 4) is 27.6 Å². The normalized spacial score (nSPS) is 10.9. The van der Waals surface area contributed by atoms with Gasteiger partial charge in [0, 0.05) is 11.1 Å². The van der Waals surface area contributed by atoms with Gasteiger partial charge in [-0.15, -0.1) is 10.2 Å². The van der Waals surface area contributed by atoms with Crippen molar-refractivity contribution < 1.29 is 4.74 Å². The molecular formula is C23H16N4O2S. The third-order valence-corrected chi connectivity index (χ3v) is 5.54. The second-order valence-electron chi connectivity index (χ2n) is 6.62. The summed E-state index contributed by atoms with van der Waals surface area (Å²) in [5.74, 6) is 0.770. The summed E-state index contributed by atoms with van der Waals surface area (Å²) in [6.07, 6.45) is 0. The zero-order valence-corrected chi connectivity index (χ0v) is 16.6. The van der Waals surface area contributed by atoms with Gasteiger partial charge in [-0.05, 0) is 29.8 Å². The Labute approximate surface area is 176 Å². The van der Waals surface area contributed by atoms with Crippen molar-refractivity contribution in [1.82, 2.24) is 19.8 Å². The smallest absolute Gasteiger partial charge is 0.302 e. The summed E-state index contributed by atoms with van der Waals surface area (Å²) in [6, 6.07) is 26.9. The number of fused-ring (bicyclic) bond motifs is 1. The molecule has 0 saturated carbocycles. The van der Waals surface area contributed by atoms with Crippen LogP contribution in [-0.4, -0.2) is 19.8 Å². The molecule has 0 aliphatic heterocycles. The Balaban J connectivity index is 1.41. The topological polar surface area (TPSA) is 69.4 Å². The van der Waals surface area contributed by atoms with E-state index in [9.17, 15) is 4.79 Å². The number of benzene rings is 3. The molecule has 5 aromatic rings. The average molecular weight is 412 g/mol. The first-order valence-electron chi connectivity index (χ1n) is 9.37. The summed E-state index contributed by atoms with van der Waals surface area (Å²) < 4.78 is 7.15. The average Bonchev–Trinajstić information content (AvgIpc) is 3.25. The van der Waals surface area contributed by atoms with Gasteiger partial charge < -0.3 is 4.74 Å². The second-order valence-corrected chi connectivity index (χ2v) is 7.58. The molecule has 7 heteroatoms. The summed E-state index contributed by atoms with van der Waals surface area (Å²) in [5.41, 5.74) is 2.73. The molecule has 0 aliphatic rings. The van der Waals surface area contributed by atoms with Crippen LogP contribution in [0.1, 0.15) is 5.56 Å². The van der Waals surface area contributed by atoms with E-state index >= 15 is 0 Å². The standard InChI is InChI=1S/C23H16N4O2S/c28-22-20(17-9-5-2-6-10-17)24-25-23-27(22)26-21(30-23)18-11-13-19(14-12-18)29-15-16-7-3-1-4-8-16/h1-14H,15H2. The Morgan fingerprint density at radius 1 is 0.800 bits per heavy atom. The van der Waals surface area contributed by atoms with Gasteiger partial charge in [0.15, 0.2) is 5.69 Å². The molecule has 0 saturated heterocycles. The van der Waals surface area contributed by atoms with Crippen LogP contribution in [0.5, 0.6) is 5.75 Å². The molecular weight excluding hydrogens is 396 g/mol. The van der Waals surface area contributed by atoms with Gasteiger partial charge >= 0.3 is 5.56 Å². The number of aromatic nitrogens is 4. The van der Waals surface area contributed by atoms with Crippen molar-refractivity contribution in [2.24, 2.45) is 0 Å². The van der Waals surface area contributed by atoms with Gasteiger partial charge in [-0.25, -0.2) is 0 Å². The Bertz CT molecular complexity index is 1350. The number of rotatable bonds is 5. The van der Waals surface area contributed by atoms with Crippen molar-refractivity contribution in [1.29, 1.82) is 0 Å². The van der Waals surface area contributed by atoms with Crippen LogP contribution in [0.3, 0.4) is 0 Å². The van der Waals surface area contributed by atoms with Gasteiger partial charge in [0.1, 0.15) is 17.4 Å². The van der Waals surface area contributed by atoms with E-state index in [1.807, 2.05) is 84.9 Å². The van der Waals surface area contributed by atoms with Gasteiger partial charge in [-0.2, -0.15) is 9.61 Å². The Hall–Kier alpha value is -3.84. The highest BCUT2D eigenvalue weighted by molar-refractivity contribution is 7.19. The molecule has 0 bridgehead atoms. The predicted molar refractivity (Wildman–Crippen MR) is 117 cm³/mol. The summed E-state index contributed by atoms with van der Waals surface area (Å²) in [4.78, 5) is 13.3. The van der Waals surface area contributed by atoms with Crippen LogP contribution in [0.15, 0.2) is 89.7 Å². The molecule has 0 amide bonds. The number of hydrogen-bond donors (Lipinski definition) is 0. The first kappa shape index (κ1) is 18.2. The summed E-state index contributed by atoms with van der Waals surface area (Å²) in [7, 11) is 0. The maximum Gasteiger partial charge on any atom is 0.302 e. The zero-order valence-electron chi connectivity index (χ0n) is 15.8. The third-order valence-electron chi connectivity index (χ3n) is 4.59. The molecule has 0 atom stereocenters. The van der Waals surface area contributed by atoms with Gasteiger partial charge in [-0.1, -0.05) is 72.0 Å². The third kappa shape index (κ3) is 3.58. The highest BCUT2D eigenvalue weighted by Gasteiger charge is 2.14. The fourth-order valence-electron chi connectivity index (χ4n) is 3.04. The summed E-state index contributed by atoms with van der Waals surface area (Å²) in [5, 5.41) is 13.5. The van der Waals surface area contributed by atoms with Crippen LogP contribution >= 0.6 is 11.3 Å². The van der Waals surface area contributed by atoms with Crippen LogP contribution in [0.4, 0.5) is 0 Å². The van der Waals surface area contributed by atoms with E-state index in [0.717, 1.165) is 22.4 Å². The minimum absolute atomic E-state index is 0.281. The Morgan fingerprint density at radius 2 is 1.50 bits per heavy atom. The molecule has 30 heavy (non-hydrogen) atoms. The van der Waals surface area contributed by atoms with Crippen LogP contribution in [-0.2, 0) is 6.61 Å². The van der Waals surface area contributed by atoms with E-state index in [-0.39, 0.29) is 11.3 Å². The Morgan fingerprint density at radius 3 is 2.23 bits per heavy atom. The van der Waals surface area contributed by atoms with Crippen molar-refractivity contribution >= 4 is 16.3 Å². The van der Waals surface area contributed by atoms with Crippen LogP contribution < -0.4 is 10.3 Å². The van der Waals surface area contributed by atoms with E-state index in [1.54, 1.807) is 0 Å². The summed E-state index contributed by atoms with van der Waals surface area (Å²) >= 11 is 1.32. The minimum atomic E-state index is -0.281. The molecule has 0 unspecified atom stereocenters. The monoisotopic (exact) mass is 412 g/mol. The van der Waals surface area contributed by atoms with Gasteiger partial charge in [0.2, 0.25) is 4.96 Å². The molecule has 0 aliphatic carbocycles. The first-order chi connectivity index (χ1) is 14.8. The molecule has 146 valence electrons. The molecule has 0 N–H and O–H groups in total. The van der Waals surface area contributed by atoms with E-state index in [2.05, 4.69) is 15.3 Å². The molecule has 5 rings (SSSR count). The highest BCUT2D eigenvalue weighted by Crippen LogP contribution is 2.26. The number of ether oxygens (including phenoxy) is 1. The first-order valence-corrected chi connectivity index (χ1v) is 10.2. The van der Waals surface area contributed by atoms with E-state index < -0.39 is 0 Å². The predicted octanol–water partition coefficient (Wildman–Crippen LogP) is 4.46. The molecule has 0 fully saturated rings. The maximum atomic E-state index is 12.8. The molecule has 3 aromatic carbocycles. The highest BCUT2D eigenvalue weighted by atomic mass is 32.1. The van der Waals surface area contributed by atoms with E-state index in [0.29, 0.717) is 16.6 Å². The quantitative estimate of drug-likeness (QED) is 0.426. The SMILES string of the molecule is O=c1c(-c2ccccc2)nnc2sc(-c3ccc(OCc4ccccc4)cc3)nn12. The van der Waals surface area contributed by atoms with Crippen molar-refractivity contribution in [2.75, 3.05) is 0 Å². The Kier molecular flexibility index (Phi) is 4.78. The second kappa shape index (κ2) is 7.88. The fraction of sp³-hybridized carbons (Fsp3) is 0.0435. The van der Waals surface area contributed by atoms with Crippen LogP contribution in [0, 0.1) is 0 Å². The van der Waals surface area contributed by atoms with E-state index in [4.69, 9.17) is 4.74 Å². The lowest BCUT2D eigenvalue weighted by molar-refractivity contribution is 0.306. The molecule has 2 aromatic heterocycles. The van der Waals surface area contributed by atoms with Crippen molar-refractivity contribution in [3.05, 3.63) is 101 Å². The largest absolute Gasteiger partial charge is 0.489 e. The van der Waals surface area contributed by atoms with Crippen molar-refractivity contribution in [2.45, 2.75) is 6.61 Å².